The van der Waals surface area contributed by atoms with Crippen molar-refractivity contribution in [3.05, 3.63) is 23.3 Å². The Bertz CT molecular complexity index is 394. The van der Waals surface area contributed by atoms with Gasteiger partial charge < -0.3 is 14.2 Å². The van der Waals surface area contributed by atoms with Crippen molar-refractivity contribution in [3.63, 3.8) is 0 Å². The van der Waals surface area contributed by atoms with E-state index in [4.69, 9.17) is 14.2 Å². The zero-order chi connectivity index (χ0) is 11.8. The molecule has 0 unspecified atom stereocenters. The van der Waals surface area contributed by atoms with Crippen molar-refractivity contribution in [2.45, 2.75) is 19.3 Å². The molecule has 88 valence electrons. The standard InChI is InChI=1S/C13H18O3/c1-9-5-12(15-4)10(6-11(9)14-3)13(2)7-16-8-13/h5-6H,7-8H2,1-4H3. The molecule has 16 heavy (non-hydrogen) atoms. The Morgan fingerprint density at radius 1 is 1.12 bits per heavy atom. The predicted molar refractivity (Wildman–Crippen MR) is 62.5 cm³/mol. The van der Waals surface area contributed by atoms with Crippen LogP contribution in [-0.2, 0) is 10.2 Å². The van der Waals surface area contributed by atoms with Gasteiger partial charge in [-0.3, -0.25) is 0 Å². The molecule has 3 nitrogen and oxygen atoms in total. The van der Waals surface area contributed by atoms with E-state index in [-0.39, 0.29) is 5.41 Å². The van der Waals surface area contributed by atoms with E-state index in [9.17, 15) is 0 Å². The van der Waals surface area contributed by atoms with Crippen LogP contribution in [0, 0.1) is 6.92 Å². The van der Waals surface area contributed by atoms with Crippen LogP contribution in [0.2, 0.25) is 0 Å². The molecule has 1 saturated heterocycles. The average Bonchev–Trinajstić information content (AvgIpc) is 2.25. The topological polar surface area (TPSA) is 27.7 Å². The summed E-state index contributed by atoms with van der Waals surface area (Å²) in [6, 6.07) is 4.09. The molecule has 0 saturated carbocycles. The number of aryl methyl sites for hydroxylation is 1. The van der Waals surface area contributed by atoms with Crippen molar-refractivity contribution in [2.75, 3.05) is 27.4 Å². The Morgan fingerprint density at radius 3 is 2.19 bits per heavy atom. The Kier molecular flexibility index (Phi) is 2.80. The lowest BCUT2D eigenvalue weighted by Gasteiger charge is -2.39. The first kappa shape index (κ1) is 11.3. The van der Waals surface area contributed by atoms with Crippen LogP contribution in [0.1, 0.15) is 18.1 Å². The van der Waals surface area contributed by atoms with Crippen LogP contribution in [-0.4, -0.2) is 27.4 Å². The van der Waals surface area contributed by atoms with Gasteiger partial charge in [0.1, 0.15) is 11.5 Å². The van der Waals surface area contributed by atoms with Crippen LogP contribution >= 0.6 is 0 Å². The normalized spacial score (nSPS) is 17.8. The van der Waals surface area contributed by atoms with Gasteiger partial charge in [0.25, 0.3) is 0 Å². The Balaban J connectivity index is 2.49. The lowest BCUT2D eigenvalue weighted by molar-refractivity contribution is -0.0509. The van der Waals surface area contributed by atoms with Crippen molar-refractivity contribution in [3.8, 4) is 11.5 Å². The summed E-state index contributed by atoms with van der Waals surface area (Å²) in [6.07, 6.45) is 0. The number of ether oxygens (including phenoxy) is 3. The third-order valence-electron chi connectivity index (χ3n) is 3.21. The van der Waals surface area contributed by atoms with Gasteiger partial charge in [-0.05, 0) is 24.6 Å². The molecule has 1 aliphatic rings. The van der Waals surface area contributed by atoms with Crippen LogP contribution < -0.4 is 9.47 Å². The fourth-order valence-electron chi connectivity index (χ4n) is 2.09. The molecule has 0 atom stereocenters. The SMILES string of the molecule is COc1cc(C2(C)COC2)c(OC)cc1C. The summed E-state index contributed by atoms with van der Waals surface area (Å²) in [4.78, 5) is 0. The lowest BCUT2D eigenvalue weighted by atomic mass is 9.79. The van der Waals surface area contributed by atoms with Crippen molar-refractivity contribution in [2.24, 2.45) is 0 Å². The molecule has 2 rings (SSSR count). The minimum Gasteiger partial charge on any atom is -0.496 e. The predicted octanol–water partition coefficient (Wildman–Crippen LogP) is 2.30. The van der Waals surface area contributed by atoms with Gasteiger partial charge in [0.2, 0.25) is 0 Å². The molecule has 0 amide bonds. The smallest absolute Gasteiger partial charge is 0.123 e. The van der Waals surface area contributed by atoms with Crippen molar-refractivity contribution in [1.29, 1.82) is 0 Å². The summed E-state index contributed by atoms with van der Waals surface area (Å²) in [5.74, 6) is 1.83. The monoisotopic (exact) mass is 222 g/mol. The highest BCUT2D eigenvalue weighted by Crippen LogP contribution is 2.40. The number of benzene rings is 1. The highest BCUT2D eigenvalue weighted by Gasteiger charge is 2.38. The summed E-state index contributed by atoms with van der Waals surface area (Å²) >= 11 is 0. The van der Waals surface area contributed by atoms with Gasteiger partial charge in [-0.25, -0.2) is 0 Å². The van der Waals surface area contributed by atoms with Crippen LogP contribution in [0.15, 0.2) is 12.1 Å². The molecular weight excluding hydrogens is 204 g/mol. The van der Waals surface area contributed by atoms with Crippen molar-refractivity contribution < 1.29 is 14.2 Å². The summed E-state index contributed by atoms with van der Waals surface area (Å²) in [5.41, 5.74) is 2.32. The molecule has 0 spiro atoms. The van der Waals surface area contributed by atoms with Crippen LogP contribution in [0.25, 0.3) is 0 Å². The van der Waals surface area contributed by atoms with E-state index < -0.39 is 0 Å². The van der Waals surface area contributed by atoms with Crippen LogP contribution in [0.4, 0.5) is 0 Å². The summed E-state index contributed by atoms with van der Waals surface area (Å²) < 4.78 is 16.1. The molecule has 1 aromatic carbocycles. The molecule has 1 aromatic rings. The maximum Gasteiger partial charge on any atom is 0.123 e. The molecule has 1 fully saturated rings. The van der Waals surface area contributed by atoms with Gasteiger partial charge in [0.05, 0.1) is 27.4 Å². The molecule has 1 heterocycles. The van der Waals surface area contributed by atoms with Gasteiger partial charge in [-0.15, -0.1) is 0 Å². The number of hydrogen-bond donors (Lipinski definition) is 0. The largest absolute Gasteiger partial charge is 0.496 e. The van der Waals surface area contributed by atoms with E-state index in [2.05, 4.69) is 13.0 Å². The second kappa shape index (κ2) is 3.98. The Morgan fingerprint density at radius 2 is 1.75 bits per heavy atom. The molecule has 0 N–H and O–H groups in total. The van der Waals surface area contributed by atoms with Gasteiger partial charge >= 0.3 is 0 Å². The first-order valence-corrected chi connectivity index (χ1v) is 5.41. The molecule has 3 heteroatoms. The second-order valence-corrected chi connectivity index (χ2v) is 4.58. The maximum atomic E-state index is 5.44. The first-order valence-electron chi connectivity index (χ1n) is 5.41. The highest BCUT2D eigenvalue weighted by molar-refractivity contribution is 5.50. The Labute approximate surface area is 96.3 Å². The molecule has 0 radical (unpaired) electrons. The van der Waals surface area contributed by atoms with E-state index in [1.54, 1.807) is 14.2 Å². The number of hydrogen-bond acceptors (Lipinski definition) is 3. The van der Waals surface area contributed by atoms with Crippen LogP contribution in [0.5, 0.6) is 11.5 Å². The van der Waals surface area contributed by atoms with E-state index in [0.717, 1.165) is 30.3 Å². The second-order valence-electron chi connectivity index (χ2n) is 4.58. The fourth-order valence-corrected chi connectivity index (χ4v) is 2.09. The van der Waals surface area contributed by atoms with Crippen molar-refractivity contribution in [1.82, 2.24) is 0 Å². The van der Waals surface area contributed by atoms with Gasteiger partial charge in [-0.2, -0.15) is 0 Å². The molecule has 0 aromatic heterocycles. The third-order valence-corrected chi connectivity index (χ3v) is 3.21. The molecular formula is C13H18O3. The van der Waals surface area contributed by atoms with E-state index in [0.29, 0.717) is 0 Å². The fraction of sp³-hybridized carbons (Fsp3) is 0.538. The van der Waals surface area contributed by atoms with Gasteiger partial charge in [0.15, 0.2) is 0 Å². The molecule has 1 aliphatic heterocycles. The average molecular weight is 222 g/mol. The van der Waals surface area contributed by atoms with Crippen LogP contribution in [0.3, 0.4) is 0 Å². The zero-order valence-corrected chi connectivity index (χ0v) is 10.3. The van der Waals surface area contributed by atoms with Gasteiger partial charge in [0, 0.05) is 11.0 Å². The number of methoxy groups -OCH3 is 2. The van der Waals surface area contributed by atoms with E-state index in [1.807, 2.05) is 13.0 Å². The first-order chi connectivity index (χ1) is 7.60. The molecule has 0 bridgehead atoms. The van der Waals surface area contributed by atoms with E-state index in [1.165, 1.54) is 5.56 Å². The van der Waals surface area contributed by atoms with Gasteiger partial charge in [-0.1, -0.05) is 6.92 Å². The van der Waals surface area contributed by atoms with E-state index >= 15 is 0 Å². The summed E-state index contributed by atoms with van der Waals surface area (Å²) in [5, 5.41) is 0. The minimum atomic E-state index is 0.0618. The lowest BCUT2D eigenvalue weighted by Crippen LogP contribution is -2.44. The third kappa shape index (κ3) is 1.65. The number of rotatable bonds is 3. The summed E-state index contributed by atoms with van der Waals surface area (Å²) in [6.45, 7) is 5.69. The zero-order valence-electron chi connectivity index (χ0n) is 10.3. The maximum absolute atomic E-state index is 5.44. The van der Waals surface area contributed by atoms with Crippen molar-refractivity contribution >= 4 is 0 Å². The Hall–Kier alpha value is -1.22. The molecule has 0 aliphatic carbocycles. The minimum absolute atomic E-state index is 0.0618. The quantitative estimate of drug-likeness (QED) is 0.785. The highest BCUT2D eigenvalue weighted by atomic mass is 16.5. The summed E-state index contributed by atoms with van der Waals surface area (Å²) in [7, 11) is 3.39.